The molecule has 33 heavy (non-hydrogen) atoms. The summed E-state index contributed by atoms with van der Waals surface area (Å²) in [6.07, 6.45) is 1.58. The van der Waals surface area contributed by atoms with Crippen molar-refractivity contribution in [2.75, 3.05) is 6.61 Å². The lowest BCUT2D eigenvalue weighted by molar-refractivity contribution is -0.258. The Morgan fingerprint density at radius 1 is 1.06 bits per heavy atom. The van der Waals surface area contributed by atoms with Gasteiger partial charge in [0, 0.05) is 35.0 Å². The number of halogens is 3. The maximum atomic E-state index is 13.4. The molecule has 2 aromatic rings. The molecule has 0 saturated heterocycles. The molecule has 0 radical (unpaired) electrons. The molecule has 4 rings (SSSR count). The molecule has 2 aliphatic rings. The van der Waals surface area contributed by atoms with Gasteiger partial charge in [0.25, 0.3) is 5.91 Å². The number of aliphatic hydroxyl groups excluding tert-OH is 1. The Balaban J connectivity index is 1.50. The van der Waals surface area contributed by atoms with Crippen molar-refractivity contribution in [2.45, 2.75) is 74.7 Å². The van der Waals surface area contributed by atoms with Crippen LogP contribution in [0, 0.1) is 0 Å². The third-order valence-corrected chi connectivity index (χ3v) is 7.24. The first-order chi connectivity index (χ1) is 15.6. The average molecular weight is 463 g/mol. The van der Waals surface area contributed by atoms with E-state index in [1.54, 1.807) is 6.20 Å². The van der Waals surface area contributed by atoms with Crippen molar-refractivity contribution in [3.05, 3.63) is 65.5 Å². The molecule has 0 spiro atoms. The van der Waals surface area contributed by atoms with Crippen LogP contribution in [0.3, 0.4) is 0 Å². The number of hydrogen-bond donors (Lipinski definition) is 2. The van der Waals surface area contributed by atoms with Crippen molar-refractivity contribution >= 4 is 5.91 Å². The Morgan fingerprint density at radius 3 is 2.15 bits per heavy atom. The lowest BCUT2D eigenvalue weighted by atomic mass is 9.70. The summed E-state index contributed by atoms with van der Waals surface area (Å²) in [4.78, 5) is 19.7. The molecule has 2 N–H and O–H groups in total. The smallest absolute Gasteiger partial charge is 0.395 e. The normalized spacial score (nSPS) is 25.3. The number of benzene rings is 1. The van der Waals surface area contributed by atoms with E-state index in [9.17, 15) is 28.2 Å². The Kier molecular flexibility index (Phi) is 6.26. The molecule has 1 heterocycles. The SMILES string of the molecule is CC(O)(c1ccc(C(=O)N(C2CC2)C2CCC(CO)(c3ccccn3)CC2)cc1)C(F)(F)F. The second-order valence-corrected chi connectivity index (χ2v) is 9.48. The van der Waals surface area contributed by atoms with Gasteiger partial charge in [-0.25, -0.2) is 0 Å². The highest BCUT2D eigenvalue weighted by molar-refractivity contribution is 5.95. The van der Waals surface area contributed by atoms with Crippen molar-refractivity contribution in [3.63, 3.8) is 0 Å². The van der Waals surface area contributed by atoms with Crippen molar-refractivity contribution in [1.82, 2.24) is 9.88 Å². The van der Waals surface area contributed by atoms with Crippen LogP contribution in [0.25, 0.3) is 0 Å². The van der Waals surface area contributed by atoms with Crippen molar-refractivity contribution < 1.29 is 28.2 Å². The molecule has 2 aliphatic carbocycles. The molecule has 5 nitrogen and oxygen atoms in total. The largest absolute Gasteiger partial charge is 0.421 e. The van der Waals surface area contributed by atoms with Gasteiger partial charge < -0.3 is 15.1 Å². The average Bonchev–Trinajstić information content (AvgIpc) is 3.65. The number of amides is 1. The van der Waals surface area contributed by atoms with E-state index in [0.29, 0.717) is 25.3 Å². The molecule has 1 amide bonds. The first kappa shape index (κ1) is 23.7. The molecular weight excluding hydrogens is 433 g/mol. The van der Waals surface area contributed by atoms with E-state index in [2.05, 4.69) is 4.98 Å². The quantitative estimate of drug-likeness (QED) is 0.670. The number of rotatable bonds is 6. The van der Waals surface area contributed by atoms with Crippen molar-refractivity contribution in [1.29, 1.82) is 0 Å². The lowest BCUT2D eigenvalue weighted by Gasteiger charge is -2.42. The Hall–Kier alpha value is -2.45. The zero-order valence-electron chi connectivity index (χ0n) is 18.6. The van der Waals surface area contributed by atoms with Crippen LogP contribution in [-0.4, -0.2) is 50.9 Å². The van der Waals surface area contributed by atoms with Gasteiger partial charge in [-0.1, -0.05) is 18.2 Å². The van der Waals surface area contributed by atoms with Gasteiger partial charge in [0.1, 0.15) is 0 Å². The third-order valence-electron chi connectivity index (χ3n) is 7.24. The number of carbonyl (C=O) groups excluding carboxylic acids is 1. The van der Waals surface area contributed by atoms with Gasteiger partial charge in [0.2, 0.25) is 0 Å². The molecule has 1 aromatic carbocycles. The number of carbonyl (C=O) groups is 1. The van der Waals surface area contributed by atoms with Crippen LogP contribution in [0.4, 0.5) is 13.2 Å². The van der Waals surface area contributed by atoms with Gasteiger partial charge in [-0.2, -0.15) is 13.2 Å². The zero-order valence-corrected chi connectivity index (χ0v) is 18.6. The van der Waals surface area contributed by atoms with Crippen molar-refractivity contribution in [3.8, 4) is 0 Å². The molecule has 1 atom stereocenters. The number of nitrogens with zero attached hydrogens (tertiary/aromatic N) is 2. The van der Waals surface area contributed by atoms with E-state index in [-0.39, 0.29) is 30.2 Å². The summed E-state index contributed by atoms with van der Waals surface area (Å²) >= 11 is 0. The molecule has 1 aromatic heterocycles. The first-order valence-corrected chi connectivity index (χ1v) is 11.3. The molecule has 178 valence electrons. The van der Waals surface area contributed by atoms with E-state index in [1.807, 2.05) is 23.1 Å². The van der Waals surface area contributed by atoms with Crippen LogP contribution >= 0.6 is 0 Å². The number of hydrogen-bond acceptors (Lipinski definition) is 4. The molecule has 0 bridgehead atoms. The van der Waals surface area contributed by atoms with Gasteiger partial charge in [-0.3, -0.25) is 9.78 Å². The number of alkyl halides is 3. The summed E-state index contributed by atoms with van der Waals surface area (Å²) in [5.41, 5.74) is -2.52. The maximum Gasteiger partial charge on any atom is 0.421 e. The summed E-state index contributed by atoms with van der Waals surface area (Å²) < 4.78 is 39.4. The zero-order chi connectivity index (χ0) is 23.9. The second kappa shape index (κ2) is 8.72. The van der Waals surface area contributed by atoms with E-state index < -0.39 is 17.2 Å². The Bertz CT molecular complexity index is 965. The summed E-state index contributed by atoms with van der Waals surface area (Å²) in [7, 11) is 0. The minimum Gasteiger partial charge on any atom is -0.395 e. The Morgan fingerprint density at radius 2 is 1.67 bits per heavy atom. The molecule has 0 aliphatic heterocycles. The standard InChI is InChI=1S/C25H29F3N2O3/c1-23(33,25(26,27)28)18-7-5-17(6-8-18)22(32)30(19-9-10-19)20-11-13-24(16-31,14-12-20)21-4-2-3-15-29-21/h2-8,15,19-20,31,33H,9-14,16H2,1H3. The summed E-state index contributed by atoms with van der Waals surface area (Å²) in [6.45, 7) is 0.700. The second-order valence-electron chi connectivity index (χ2n) is 9.48. The molecule has 8 heteroatoms. The van der Waals surface area contributed by atoms with Crippen LogP contribution in [0.2, 0.25) is 0 Å². The maximum absolute atomic E-state index is 13.4. The molecule has 1 unspecified atom stereocenters. The van der Waals surface area contributed by atoms with Gasteiger partial charge in [-0.05, 0) is 75.3 Å². The van der Waals surface area contributed by atoms with Gasteiger partial charge in [-0.15, -0.1) is 0 Å². The number of aromatic nitrogens is 1. The minimum atomic E-state index is -4.81. The number of aliphatic hydroxyl groups is 2. The van der Waals surface area contributed by atoms with E-state index in [0.717, 1.165) is 31.4 Å². The highest BCUT2D eigenvalue weighted by atomic mass is 19.4. The monoisotopic (exact) mass is 462 g/mol. The van der Waals surface area contributed by atoms with Gasteiger partial charge in [0.15, 0.2) is 5.60 Å². The highest BCUT2D eigenvalue weighted by Crippen LogP contribution is 2.43. The van der Waals surface area contributed by atoms with Crippen molar-refractivity contribution in [2.24, 2.45) is 0 Å². The van der Waals surface area contributed by atoms with E-state index in [4.69, 9.17) is 0 Å². The highest BCUT2D eigenvalue weighted by Gasteiger charge is 2.51. The molecule has 2 saturated carbocycles. The van der Waals surface area contributed by atoms with Crippen LogP contribution in [0.15, 0.2) is 48.7 Å². The lowest BCUT2D eigenvalue weighted by Crippen LogP contribution is -2.47. The fourth-order valence-electron chi connectivity index (χ4n) is 4.84. The molecular formula is C25H29F3N2O3. The first-order valence-electron chi connectivity index (χ1n) is 11.3. The summed E-state index contributed by atoms with van der Waals surface area (Å²) in [5, 5.41) is 20.0. The third kappa shape index (κ3) is 4.51. The van der Waals surface area contributed by atoms with E-state index >= 15 is 0 Å². The predicted molar refractivity (Wildman–Crippen MR) is 117 cm³/mol. The summed E-state index contributed by atoms with van der Waals surface area (Å²) in [6, 6.07) is 10.9. The van der Waals surface area contributed by atoms with Crippen LogP contribution in [-0.2, 0) is 11.0 Å². The topological polar surface area (TPSA) is 73.7 Å². The van der Waals surface area contributed by atoms with Gasteiger partial charge in [0.05, 0.1) is 6.61 Å². The summed E-state index contributed by atoms with van der Waals surface area (Å²) in [5.74, 6) is -0.199. The molecule has 2 fully saturated rings. The van der Waals surface area contributed by atoms with Crippen LogP contribution in [0.5, 0.6) is 0 Å². The Labute approximate surface area is 191 Å². The van der Waals surface area contributed by atoms with Crippen LogP contribution in [0.1, 0.15) is 67.1 Å². The van der Waals surface area contributed by atoms with Gasteiger partial charge >= 0.3 is 6.18 Å². The predicted octanol–water partition coefficient (Wildman–Crippen LogP) is 4.33. The fraction of sp³-hybridized carbons (Fsp3) is 0.520. The van der Waals surface area contributed by atoms with E-state index in [1.165, 1.54) is 24.3 Å². The number of pyridine rings is 1. The minimum absolute atomic E-state index is 0.00525. The van der Waals surface area contributed by atoms with Crippen LogP contribution < -0.4 is 0 Å². The fourth-order valence-corrected chi connectivity index (χ4v) is 4.84.